The Bertz CT molecular complexity index is 1740. The lowest BCUT2D eigenvalue weighted by molar-refractivity contribution is -0.142. The van der Waals surface area contributed by atoms with Crippen LogP contribution in [-0.4, -0.2) is 36.6 Å². The van der Waals surface area contributed by atoms with Crippen LogP contribution in [-0.2, 0) is 27.8 Å². The molecule has 0 unspecified atom stereocenters. The van der Waals surface area contributed by atoms with Crippen molar-refractivity contribution in [1.82, 2.24) is 10.3 Å². The number of rotatable bonds is 11. The van der Waals surface area contributed by atoms with Crippen molar-refractivity contribution in [3.8, 4) is 17.2 Å². The van der Waals surface area contributed by atoms with Crippen LogP contribution in [0.3, 0.4) is 0 Å². The van der Waals surface area contributed by atoms with Gasteiger partial charge >= 0.3 is 5.97 Å². The Kier molecular flexibility index (Phi) is 9.78. The maximum atomic E-state index is 13.2. The highest BCUT2D eigenvalue weighted by Crippen LogP contribution is 2.29. The molecule has 0 aliphatic rings. The first kappa shape index (κ1) is 31.3. The average molecular weight is 603 g/mol. The number of pyridine rings is 1. The Morgan fingerprint density at radius 3 is 2.16 bits per heavy atom. The number of nitrogens with one attached hydrogen (secondary N) is 1. The van der Waals surface area contributed by atoms with E-state index in [9.17, 15) is 9.59 Å². The molecule has 45 heavy (non-hydrogen) atoms. The zero-order chi connectivity index (χ0) is 31.8. The van der Waals surface area contributed by atoms with Crippen molar-refractivity contribution in [1.29, 1.82) is 0 Å². The van der Waals surface area contributed by atoms with Crippen LogP contribution in [0.25, 0.3) is 10.8 Å². The van der Waals surface area contributed by atoms with E-state index in [1.54, 1.807) is 12.3 Å². The predicted octanol–water partition coefficient (Wildman–Crippen LogP) is 7.46. The quantitative estimate of drug-likeness (QED) is 0.158. The third-order valence-corrected chi connectivity index (χ3v) is 7.54. The molecule has 0 saturated carbocycles. The molecule has 4 aromatic carbocycles. The SMILES string of the molecule is COC(=O)[C@H](Cc1ccc(OCCc2ccccc2)cc1)NC(=O)c1cc2ccc(Oc3ccc(C(C)(C)C)cc3)cc2cn1. The minimum atomic E-state index is -0.884. The number of hydrogen-bond acceptors (Lipinski definition) is 6. The maximum absolute atomic E-state index is 13.2. The first-order chi connectivity index (χ1) is 21.7. The van der Waals surface area contributed by atoms with Crippen LogP contribution in [0.5, 0.6) is 17.2 Å². The third kappa shape index (κ3) is 8.48. The van der Waals surface area contributed by atoms with E-state index in [2.05, 4.69) is 55.3 Å². The van der Waals surface area contributed by atoms with Gasteiger partial charge in [-0.3, -0.25) is 9.78 Å². The molecule has 0 aliphatic carbocycles. The van der Waals surface area contributed by atoms with Gasteiger partial charge in [0.25, 0.3) is 5.91 Å². The lowest BCUT2D eigenvalue weighted by Crippen LogP contribution is -2.43. The van der Waals surface area contributed by atoms with E-state index in [1.807, 2.05) is 72.8 Å². The van der Waals surface area contributed by atoms with Crippen LogP contribution in [0.4, 0.5) is 0 Å². The third-order valence-electron chi connectivity index (χ3n) is 7.54. The number of aromatic nitrogens is 1. The zero-order valence-corrected chi connectivity index (χ0v) is 26.1. The van der Waals surface area contributed by atoms with Gasteiger partial charge < -0.3 is 19.5 Å². The summed E-state index contributed by atoms with van der Waals surface area (Å²) >= 11 is 0. The van der Waals surface area contributed by atoms with Crippen molar-refractivity contribution < 1.29 is 23.8 Å². The molecule has 1 aromatic heterocycles. The van der Waals surface area contributed by atoms with Gasteiger partial charge in [-0.2, -0.15) is 0 Å². The van der Waals surface area contributed by atoms with Crippen LogP contribution in [0.2, 0.25) is 0 Å². The van der Waals surface area contributed by atoms with Gasteiger partial charge in [0.2, 0.25) is 0 Å². The zero-order valence-electron chi connectivity index (χ0n) is 26.1. The summed E-state index contributed by atoms with van der Waals surface area (Å²) in [5.74, 6) is 1.14. The summed E-state index contributed by atoms with van der Waals surface area (Å²) in [5.41, 5.74) is 3.56. The minimum Gasteiger partial charge on any atom is -0.493 e. The van der Waals surface area contributed by atoms with Crippen molar-refractivity contribution >= 4 is 22.6 Å². The number of methoxy groups -OCH3 is 1. The van der Waals surface area contributed by atoms with Gasteiger partial charge in [-0.25, -0.2) is 4.79 Å². The number of amides is 1. The summed E-state index contributed by atoms with van der Waals surface area (Å²) in [6.45, 7) is 7.08. The van der Waals surface area contributed by atoms with Crippen LogP contribution in [0.1, 0.15) is 48.0 Å². The van der Waals surface area contributed by atoms with Gasteiger partial charge in [0.1, 0.15) is 29.0 Å². The van der Waals surface area contributed by atoms with Gasteiger partial charge in [-0.05, 0) is 70.0 Å². The number of hydrogen-bond donors (Lipinski definition) is 1. The van der Waals surface area contributed by atoms with E-state index in [1.165, 1.54) is 18.2 Å². The highest BCUT2D eigenvalue weighted by molar-refractivity contribution is 5.98. The normalized spacial score (nSPS) is 11.9. The number of carbonyl (C=O) groups is 2. The molecule has 7 heteroatoms. The molecule has 0 saturated heterocycles. The Balaban J connectivity index is 1.20. The average Bonchev–Trinajstić information content (AvgIpc) is 3.05. The highest BCUT2D eigenvalue weighted by atomic mass is 16.5. The second-order valence-electron chi connectivity index (χ2n) is 11.9. The van der Waals surface area contributed by atoms with Crippen molar-refractivity contribution in [2.45, 2.75) is 45.1 Å². The summed E-state index contributed by atoms with van der Waals surface area (Å²) in [7, 11) is 1.30. The second-order valence-corrected chi connectivity index (χ2v) is 11.9. The van der Waals surface area contributed by atoms with Crippen LogP contribution >= 0.6 is 0 Å². The fourth-order valence-corrected chi connectivity index (χ4v) is 4.92. The monoisotopic (exact) mass is 602 g/mol. The topological polar surface area (TPSA) is 86.8 Å². The van der Waals surface area contributed by atoms with Gasteiger partial charge in [0.15, 0.2) is 0 Å². The molecular weight excluding hydrogens is 564 g/mol. The van der Waals surface area contributed by atoms with E-state index >= 15 is 0 Å². The van der Waals surface area contributed by atoms with E-state index in [0.29, 0.717) is 12.4 Å². The van der Waals surface area contributed by atoms with E-state index in [4.69, 9.17) is 14.2 Å². The molecule has 230 valence electrons. The fraction of sp³-hybridized carbons (Fsp3) is 0.237. The Hall–Kier alpha value is -5.17. The minimum absolute atomic E-state index is 0.0673. The van der Waals surface area contributed by atoms with Gasteiger partial charge in [0, 0.05) is 24.4 Å². The van der Waals surface area contributed by atoms with Crippen molar-refractivity contribution in [2.24, 2.45) is 0 Å². The molecule has 0 radical (unpaired) electrons. The van der Waals surface area contributed by atoms with Crippen molar-refractivity contribution in [3.63, 3.8) is 0 Å². The number of nitrogens with zero attached hydrogens (tertiary/aromatic N) is 1. The molecule has 5 rings (SSSR count). The number of fused-ring (bicyclic) bond motifs is 1. The first-order valence-electron chi connectivity index (χ1n) is 15.0. The molecular formula is C38H38N2O5. The Morgan fingerprint density at radius 1 is 0.778 bits per heavy atom. The number of ether oxygens (including phenoxy) is 3. The molecule has 0 aliphatic heterocycles. The maximum Gasteiger partial charge on any atom is 0.328 e. The Morgan fingerprint density at radius 2 is 1.47 bits per heavy atom. The lowest BCUT2D eigenvalue weighted by Gasteiger charge is -2.19. The first-order valence-corrected chi connectivity index (χ1v) is 15.0. The van der Waals surface area contributed by atoms with Crippen molar-refractivity contribution in [2.75, 3.05) is 13.7 Å². The molecule has 5 aromatic rings. The lowest BCUT2D eigenvalue weighted by atomic mass is 9.87. The summed E-state index contributed by atoms with van der Waals surface area (Å²) < 4.78 is 16.9. The van der Waals surface area contributed by atoms with Gasteiger partial charge in [0.05, 0.1) is 13.7 Å². The standard InChI is InChI=1S/C38H38N2O5/c1-38(2,3)30-13-18-32(19-14-30)45-33-17-12-28-24-34(39-25-29(28)23-33)36(41)40-35(37(42)43-4)22-27-10-15-31(16-11-27)44-21-20-26-8-6-5-7-9-26/h5-19,23-25,35H,20-22H2,1-4H3,(H,40,41)/t35-/m0/s1. The van der Waals surface area contributed by atoms with Crippen LogP contribution < -0.4 is 14.8 Å². The van der Waals surface area contributed by atoms with E-state index in [-0.39, 0.29) is 17.5 Å². The largest absolute Gasteiger partial charge is 0.493 e. The van der Waals surface area contributed by atoms with E-state index in [0.717, 1.165) is 34.3 Å². The summed E-state index contributed by atoms with van der Waals surface area (Å²) in [6, 6.07) is 32.1. The molecule has 1 N–H and O–H groups in total. The van der Waals surface area contributed by atoms with E-state index < -0.39 is 17.9 Å². The molecule has 1 amide bonds. The van der Waals surface area contributed by atoms with Gasteiger partial charge in [-0.1, -0.05) is 81.4 Å². The predicted molar refractivity (Wildman–Crippen MR) is 176 cm³/mol. The summed E-state index contributed by atoms with van der Waals surface area (Å²) in [6.07, 6.45) is 2.69. The van der Waals surface area contributed by atoms with Crippen LogP contribution in [0, 0.1) is 0 Å². The number of esters is 1. The summed E-state index contributed by atoms with van der Waals surface area (Å²) in [4.78, 5) is 30.1. The summed E-state index contributed by atoms with van der Waals surface area (Å²) in [5, 5.41) is 4.44. The molecule has 7 nitrogen and oxygen atoms in total. The smallest absolute Gasteiger partial charge is 0.328 e. The highest BCUT2D eigenvalue weighted by Gasteiger charge is 2.23. The number of benzene rings is 4. The second kappa shape index (κ2) is 14.1. The molecule has 0 spiro atoms. The molecule has 1 atom stereocenters. The fourth-order valence-electron chi connectivity index (χ4n) is 4.92. The number of carbonyl (C=O) groups excluding carboxylic acids is 2. The molecule has 0 fully saturated rings. The van der Waals surface area contributed by atoms with Gasteiger partial charge in [-0.15, -0.1) is 0 Å². The molecule has 1 heterocycles. The molecule has 0 bridgehead atoms. The van der Waals surface area contributed by atoms with Crippen molar-refractivity contribution in [3.05, 3.63) is 132 Å². The van der Waals surface area contributed by atoms with Crippen LogP contribution in [0.15, 0.2) is 109 Å². The Labute approximate surface area is 264 Å².